The smallest absolute Gasteiger partial charge is 0.184 e. The van der Waals surface area contributed by atoms with Crippen molar-refractivity contribution in [1.29, 1.82) is 0 Å². The molecule has 0 radical (unpaired) electrons. The summed E-state index contributed by atoms with van der Waals surface area (Å²) in [5.74, 6) is 1.81. The normalized spacial score (nSPS) is 42.0. The maximum Gasteiger partial charge on any atom is 0.184 e. The molecular weight excluding hydrogens is 300 g/mol. The summed E-state index contributed by atoms with van der Waals surface area (Å²) in [4.78, 5) is 11.8. The summed E-state index contributed by atoms with van der Waals surface area (Å²) in [5.41, 5.74) is 4.41. The summed E-state index contributed by atoms with van der Waals surface area (Å²) in [6.07, 6.45) is 12.5. The van der Waals surface area contributed by atoms with E-state index in [0.717, 1.165) is 19.3 Å². The molecule has 130 valence electrons. The minimum Gasteiger partial charge on any atom is -0.392 e. The summed E-state index contributed by atoms with van der Waals surface area (Å²) in [6.45, 7) is 2.58. The lowest BCUT2D eigenvalue weighted by Crippen LogP contribution is -2.40. The van der Waals surface area contributed by atoms with E-state index in [1.54, 1.807) is 11.6 Å². The molecule has 0 aliphatic heterocycles. The molecule has 3 nitrogen and oxygen atoms in total. The van der Waals surface area contributed by atoms with Crippen molar-refractivity contribution in [3.63, 3.8) is 0 Å². The average Bonchev–Trinajstić information content (AvgIpc) is 2.90. The summed E-state index contributed by atoms with van der Waals surface area (Å²) in [5, 5.41) is 19.1. The first-order valence-corrected chi connectivity index (χ1v) is 9.47. The van der Waals surface area contributed by atoms with Gasteiger partial charge in [0.1, 0.15) is 6.10 Å². The Balaban J connectivity index is 1.67. The Morgan fingerprint density at radius 2 is 2.12 bits per heavy atom. The van der Waals surface area contributed by atoms with Crippen molar-refractivity contribution in [3.8, 4) is 0 Å². The Morgan fingerprint density at radius 1 is 1.29 bits per heavy atom. The molecule has 5 atom stereocenters. The highest BCUT2D eigenvalue weighted by atomic mass is 16.3. The third-order valence-corrected chi connectivity index (χ3v) is 7.37. The zero-order chi connectivity index (χ0) is 16.9. The molecule has 0 amide bonds. The van der Waals surface area contributed by atoms with Crippen molar-refractivity contribution < 1.29 is 15.0 Å². The summed E-state index contributed by atoms with van der Waals surface area (Å²) >= 11 is 0. The molecule has 24 heavy (non-hydrogen) atoms. The highest BCUT2D eigenvalue weighted by Crippen LogP contribution is 2.62. The molecule has 1 unspecified atom stereocenters. The molecule has 2 N–H and O–H groups in total. The lowest BCUT2D eigenvalue weighted by atomic mass is 9.56. The fourth-order valence-corrected chi connectivity index (χ4v) is 6.10. The molecule has 0 heterocycles. The largest absolute Gasteiger partial charge is 0.392 e. The minimum absolute atomic E-state index is 0.108. The van der Waals surface area contributed by atoms with Crippen LogP contribution < -0.4 is 0 Å². The number of aliphatic hydroxyl groups excluding tert-OH is 2. The Labute approximate surface area is 144 Å². The maximum absolute atomic E-state index is 11.8. The van der Waals surface area contributed by atoms with Crippen LogP contribution in [0.4, 0.5) is 0 Å². The van der Waals surface area contributed by atoms with E-state index in [-0.39, 0.29) is 12.4 Å². The summed E-state index contributed by atoms with van der Waals surface area (Å²) < 4.78 is 0. The quantitative estimate of drug-likeness (QED) is 0.765. The van der Waals surface area contributed by atoms with Gasteiger partial charge in [-0.05, 0) is 78.9 Å². The first-order valence-electron chi connectivity index (χ1n) is 9.47. The molecular formula is C21H28O3. The number of carbonyl (C=O) groups excluding carboxylic acids is 1. The van der Waals surface area contributed by atoms with E-state index in [2.05, 4.69) is 13.0 Å². The van der Waals surface area contributed by atoms with E-state index in [1.165, 1.54) is 30.4 Å². The fourth-order valence-electron chi connectivity index (χ4n) is 6.10. The van der Waals surface area contributed by atoms with Gasteiger partial charge < -0.3 is 10.2 Å². The van der Waals surface area contributed by atoms with Crippen LogP contribution in [0.1, 0.15) is 51.9 Å². The topological polar surface area (TPSA) is 57.5 Å². The van der Waals surface area contributed by atoms with Crippen LogP contribution in [0.2, 0.25) is 0 Å². The first kappa shape index (κ1) is 16.3. The number of allylic oxidation sites excluding steroid dienone is 3. The molecule has 0 bridgehead atoms. The van der Waals surface area contributed by atoms with Gasteiger partial charge in [0.2, 0.25) is 0 Å². The van der Waals surface area contributed by atoms with Gasteiger partial charge in [0, 0.05) is 6.42 Å². The van der Waals surface area contributed by atoms with E-state index >= 15 is 0 Å². The van der Waals surface area contributed by atoms with Gasteiger partial charge in [0.05, 0.1) is 6.61 Å². The van der Waals surface area contributed by atoms with Crippen LogP contribution in [-0.2, 0) is 4.79 Å². The van der Waals surface area contributed by atoms with Gasteiger partial charge in [-0.25, -0.2) is 0 Å². The first-order chi connectivity index (χ1) is 11.5. The second-order valence-corrected chi connectivity index (χ2v) is 8.35. The van der Waals surface area contributed by atoms with E-state index in [4.69, 9.17) is 5.11 Å². The van der Waals surface area contributed by atoms with Gasteiger partial charge in [-0.15, -0.1) is 0 Å². The van der Waals surface area contributed by atoms with Crippen LogP contribution in [0, 0.1) is 23.2 Å². The van der Waals surface area contributed by atoms with Crippen LogP contribution in [0.25, 0.3) is 0 Å². The Kier molecular flexibility index (Phi) is 4.04. The summed E-state index contributed by atoms with van der Waals surface area (Å²) in [6, 6.07) is 0. The lowest BCUT2D eigenvalue weighted by Gasteiger charge is -2.49. The monoisotopic (exact) mass is 328 g/mol. The van der Waals surface area contributed by atoms with Crippen LogP contribution in [0.5, 0.6) is 0 Å². The van der Waals surface area contributed by atoms with Crippen molar-refractivity contribution >= 4 is 5.78 Å². The van der Waals surface area contributed by atoms with Crippen LogP contribution in [0.15, 0.2) is 34.9 Å². The zero-order valence-corrected chi connectivity index (χ0v) is 14.5. The molecule has 4 aliphatic rings. The van der Waals surface area contributed by atoms with E-state index in [1.807, 2.05) is 6.08 Å². The molecule has 4 rings (SSSR count). The van der Waals surface area contributed by atoms with Crippen molar-refractivity contribution in [2.45, 2.75) is 58.0 Å². The summed E-state index contributed by atoms with van der Waals surface area (Å²) in [7, 11) is 0. The number of hydrogen-bond donors (Lipinski definition) is 2. The Hall–Kier alpha value is -1.19. The van der Waals surface area contributed by atoms with Gasteiger partial charge in [0.25, 0.3) is 0 Å². The predicted molar refractivity (Wildman–Crippen MR) is 93.2 cm³/mol. The van der Waals surface area contributed by atoms with E-state index in [0.29, 0.717) is 29.6 Å². The third-order valence-electron chi connectivity index (χ3n) is 7.37. The van der Waals surface area contributed by atoms with Gasteiger partial charge in [0.15, 0.2) is 5.78 Å². The molecule has 2 saturated carbocycles. The average molecular weight is 328 g/mol. The minimum atomic E-state index is -0.827. The number of aliphatic hydroxyl groups is 2. The third kappa shape index (κ3) is 2.36. The van der Waals surface area contributed by atoms with Crippen molar-refractivity contribution in [2.75, 3.05) is 6.61 Å². The van der Waals surface area contributed by atoms with Gasteiger partial charge in [-0.2, -0.15) is 0 Å². The molecule has 0 spiro atoms. The molecule has 2 fully saturated rings. The molecule has 0 aromatic heterocycles. The SMILES string of the molecule is C[C@]12CCC3=C4CC(O)C(=O)C=C4CC[C@H]3[C@@H]1CC[C@H]2/C=C\CO. The van der Waals surface area contributed by atoms with Gasteiger partial charge in [-0.3, -0.25) is 4.79 Å². The predicted octanol–water partition coefficient (Wildman–Crippen LogP) is 3.33. The molecule has 4 aliphatic carbocycles. The maximum atomic E-state index is 11.8. The van der Waals surface area contributed by atoms with Crippen molar-refractivity contribution in [3.05, 3.63) is 34.9 Å². The zero-order valence-electron chi connectivity index (χ0n) is 14.5. The number of hydrogen-bond acceptors (Lipinski definition) is 3. The van der Waals surface area contributed by atoms with Crippen LogP contribution in [0.3, 0.4) is 0 Å². The van der Waals surface area contributed by atoms with E-state index in [9.17, 15) is 9.90 Å². The molecule has 0 aromatic carbocycles. The standard InChI is InChI=1S/C21H28O3/c1-21-9-8-15-16(18(21)7-5-14(21)3-2-10-22)6-4-13-11-19(23)20(24)12-17(13)15/h2-3,11,14,16,18,20,22,24H,4-10,12H2,1H3/b3-2-/t14-,16-,18+,20?,21-/m1/s1. The van der Waals surface area contributed by atoms with Crippen LogP contribution in [-0.4, -0.2) is 28.7 Å². The Bertz CT molecular complexity index is 641. The van der Waals surface area contributed by atoms with E-state index < -0.39 is 6.10 Å². The fraction of sp³-hybridized carbons (Fsp3) is 0.667. The number of carbonyl (C=O) groups is 1. The highest BCUT2D eigenvalue weighted by Gasteiger charge is 2.52. The Morgan fingerprint density at radius 3 is 2.92 bits per heavy atom. The second-order valence-electron chi connectivity index (χ2n) is 8.35. The van der Waals surface area contributed by atoms with Crippen molar-refractivity contribution in [2.24, 2.45) is 23.2 Å². The number of fused-ring (bicyclic) bond motifs is 4. The van der Waals surface area contributed by atoms with Gasteiger partial charge in [-0.1, -0.05) is 24.6 Å². The number of rotatable bonds is 2. The van der Waals surface area contributed by atoms with Crippen molar-refractivity contribution in [1.82, 2.24) is 0 Å². The molecule has 3 heteroatoms. The number of ketones is 1. The van der Waals surface area contributed by atoms with Gasteiger partial charge >= 0.3 is 0 Å². The highest BCUT2D eigenvalue weighted by molar-refractivity contribution is 5.96. The molecule has 0 saturated heterocycles. The lowest BCUT2D eigenvalue weighted by molar-refractivity contribution is -0.122. The molecule has 0 aromatic rings. The second kappa shape index (κ2) is 5.96. The van der Waals surface area contributed by atoms with Crippen LogP contribution >= 0.6 is 0 Å².